The van der Waals surface area contributed by atoms with Gasteiger partial charge in [-0.15, -0.1) is 23.4 Å². The molecule has 0 fully saturated rings. The molecule has 6 heteroatoms. The number of hydrogen-bond donors (Lipinski definition) is 1. The first kappa shape index (κ1) is 11.1. The summed E-state index contributed by atoms with van der Waals surface area (Å²) in [5.74, 6) is 0.314. The lowest BCUT2D eigenvalue weighted by Crippen LogP contribution is -2.32. The van der Waals surface area contributed by atoms with E-state index in [0.29, 0.717) is 18.9 Å². The molecule has 1 rings (SSSR count). The molecular formula is C9H13N5O. The summed E-state index contributed by atoms with van der Waals surface area (Å²) < 4.78 is 0. The second-order valence-electron chi connectivity index (χ2n) is 2.88. The number of hydrogen-bond acceptors (Lipinski definition) is 4. The molecule has 0 saturated carbocycles. The summed E-state index contributed by atoms with van der Waals surface area (Å²) in [4.78, 5) is 13.3. The fourth-order valence-electron chi connectivity index (χ4n) is 1.09. The third-order valence-corrected chi connectivity index (χ3v) is 1.75. The number of carbonyl (C=O) groups excluding carboxylic acids is 1. The predicted octanol–water partition coefficient (Wildman–Crippen LogP) is -0.0572. The van der Waals surface area contributed by atoms with Crippen molar-refractivity contribution in [1.82, 2.24) is 25.5 Å². The monoisotopic (exact) mass is 207 g/mol. The number of H-pyrrole nitrogens is 1. The minimum Gasteiger partial charge on any atom is -0.335 e. The molecule has 0 aliphatic rings. The summed E-state index contributed by atoms with van der Waals surface area (Å²) in [6, 6.07) is 0. The highest BCUT2D eigenvalue weighted by Crippen LogP contribution is 1.96. The Morgan fingerprint density at radius 1 is 1.40 bits per heavy atom. The number of rotatable bonds is 6. The molecule has 0 aromatic carbocycles. The molecule has 0 aliphatic carbocycles. The fraction of sp³-hybridized carbons (Fsp3) is 0.333. The van der Waals surface area contributed by atoms with Gasteiger partial charge in [0.2, 0.25) is 5.91 Å². The maximum Gasteiger partial charge on any atom is 0.230 e. The molecule has 1 N–H and O–H groups in total. The van der Waals surface area contributed by atoms with E-state index in [1.807, 2.05) is 0 Å². The molecule has 80 valence electrons. The summed E-state index contributed by atoms with van der Waals surface area (Å²) in [5, 5.41) is 13.1. The first-order chi connectivity index (χ1) is 7.27. The minimum atomic E-state index is -0.0730. The van der Waals surface area contributed by atoms with Crippen molar-refractivity contribution in [1.29, 1.82) is 0 Å². The van der Waals surface area contributed by atoms with Gasteiger partial charge in [-0.05, 0) is 0 Å². The highest BCUT2D eigenvalue weighted by Gasteiger charge is 2.13. The van der Waals surface area contributed by atoms with Gasteiger partial charge in [0.1, 0.15) is 0 Å². The van der Waals surface area contributed by atoms with Crippen LogP contribution in [-0.4, -0.2) is 44.5 Å². The molecule has 6 nitrogen and oxygen atoms in total. The first-order valence-corrected chi connectivity index (χ1v) is 4.49. The van der Waals surface area contributed by atoms with Crippen LogP contribution in [0.4, 0.5) is 0 Å². The summed E-state index contributed by atoms with van der Waals surface area (Å²) in [6.07, 6.45) is 3.47. The van der Waals surface area contributed by atoms with Crippen LogP contribution in [0.1, 0.15) is 5.82 Å². The number of tetrazole rings is 1. The Balaban J connectivity index is 2.55. The lowest BCUT2D eigenvalue weighted by molar-refractivity contribution is -0.129. The fourth-order valence-corrected chi connectivity index (χ4v) is 1.09. The van der Waals surface area contributed by atoms with E-state index in [2.05, 4.69) is 33.8 Å². The maximum absolute atomic E-state index is 11.7. The zero-order valence-corrected chi connectivity index (χ0v) is 8.39. The third kappa shape index (κ3) is 3.34. The molecule has 0 atom stereocenters. The number of carbonyl (C=O) groups is 1. The summed E-state index contributed by atoms with van der Waals surface area (Å²) in [7, 11) is 0. The smallest absolute Gasteiger partial charge is 0.230 e. The zero-order chi connectivity index (χ0) is 11.1. The van der Waals surface area contributed by atoms with Gasteiger partial charge >= 0.3 is 0 Å². The van der Waals surface area contributed by atoms with Gasteiger partial charge in [-0.25, -0.2) is 0 Å². The van der Waals surface area contributed by atoms with E-state index in [4.69, 9.17) is 0 Å². The standard InChI is InChI=1S/C9H13N5O/c1-3-5-14(6-4-2)9(15)7-8-10-12-13-11-8/h3-4H,1-2,5-7H2,(H,10,11,12,13). The quantitative estimate of drug-likeness (QED) is 0.663. The Kier molecular flexibility index (Phi) is 4.21. The predicted molar refractivity (Wildman–Crippen MR) is 54.9 cm³/mol. The molecular weight excluding hydrogens is 194 g/mol. The van der Waals surface area contributed by atoms with E-state index in [9.17, 15) is 4.79 Å². The van der Waals surface area contributed by atoms with Gasteiger partial charge in [0.05, 0.1) is 6.42 Å². The highest BCUT2D eigenvalue weighted by atomic mass is 16.2. The Labute approximate surface area is 87.7 Å². The SMILES string of the molecule is C=CCN(CC=C)C(=O)Cc1nn[nH]n1. The molecule has 0 aliphatic heterocycles. The lowest BCUT2D eigenvalue weighted by Gasteiger charge is -2.18. The molecule has 0 bridgehead atoms. The van der Waals surface area contributed by atoms with E-state index in [0.717, 1.165) is 0 Å². The van der Waals surface area contributed by atoms with Crippen molar-refractivity contribution in [2.24, 2.45) is 0 Å². The Bertz CT molecular complexity index is 322. The van der Waals surface area contributed by atoms with Crippen molar-refractivity contribution in [2.75, 3.05) is 13.1 Å². The molecule has 0 unspecified atom stereocenters. The van der Waals surface area contributed by atoms with Crippen molar-refractivity contribution in [3.8, 4) is 0 Å². The van der Waals surface area contributed by atoms with Gasteiger partial charge < -0.3 is 4.90 Å². The van der Waals surface area contributed by atoms with Gasteiger partial charge in [0, 0.05) is 13.1 Å². The van der Waals surface area contributed by atoms with Crippen LogP contribution < -0.4 is 0 Å². The van der Waals surface area contributed by atoms with Crippen molar-refractivity contribution >= 4 is 5.91 Å². The second-order valence-corrected chi connectivity index (χ2v) is 2.88. The van der Waals surface area contributed by atoms with Crippen molar-refractivity contribution in [3.05, 3.63) is 31.1 Å². The maximum atomic E-state index is 11.7. The third-order valence-electron chi connectivity index (χ3n) is 1.75. The number of aromatic amines is 1. The van der Waals surface area contributed by atoms with E-state index in [1.165, 1.54) is 0 Å². The molecule has 1 amide bonds. The minimum absolute atomic E-state index is 0.0730. The van der Waals surface area contributed by atoms with Crippen LogP contribution in [0.5, 0.6) is 0 Å². The average molecular weight is 207 g/mol. The van der Waals surface area contributed by atoms with Crippen molar-refractivity contribution in [2.45, 2.75) is 6.42 Å². The van der Waals surface area contributed by atoms with Crippen LogP contribution in [0.2, 0.25) is 0 Å². The number of nitrogens with zero attached hydrogens (tertiary/aromatic N) is 4. The number of amides is 1. The summed E-state index contributed by atoms with van der Waals surface area (Å²) >= 11 is 0. The van der Waals surface area contributed by atoms with Crippen LogP contribution in [0.3, 0.4) is 0 Å². The molecule has 1 aromatic heterocycles. The van der Waals surface area contributed by atoms with E-state index < -0.39 is 0 Å². The molecule has 1 aromatic rings. The first-order valence-electron chi connectivity index (χ1n) is 4.49. The van der Waals surface area contributed by atoms with Crippen LogP contribution in [0, 0.1) is 0 Å². The van der Waals surface area contributed by atoms with Crippen molar-refractivity contribution in [3.63, 3.8) is 0 Å². The Hall–Kier alpha value is -1.98. The Morgan fingerprint density at radius 2 is 2.07 bits per heavy atom. The van der Waals surface area contributed by atoms with Crippen LogP contribution >= 0.6 is 0 Å². The van der Waals surface area contributed by atoms with Crippen LogP contribution in [0.15, 0.2) is 25.3 Å². The topological polar surface area (TPSA) is 74.8 Å². The zero-order valence-electron chi connectivity index (χ0n) is 8.39. The van der Waals surface area contributed by atoms with Gasteiger partial charge in [0.15, 0.2) is 5.82 Å². The van der Waals surface area contributed by atoms with Gasteiger partial charge in [-0.3, -0.25) is 4.79 Å². The molecule has 0 saturated heterocycles. The van der Waals surface area contributed by atoms with Crippen molar-refractivity contribution < 1.29 is 4.79 Å². The van der Waals surface area contributed by atoms with E-state index >= 15 is 0 Å². The molecule has 0 spiro atoms. The van der Waals surface area contributed by atoms with E-state index in [-0.39, 0.29) is 12.3 Å². The second kappa shape index (κ2) is 5.69. The van der Waals surface area contributed by atoms with Gasteiger partial charge in [0.25, 0.3) is 0 Å². The summed E-state index contributed by atoms with van der Waals surface area (Å²) in [5.41, 5.74) is 0. The van der Waals surface area contributed by atoms with E-state index in [1.54, 1.807) is 17.1 Å². The van der Waals surface area contributed by atoms with Gasteiger partial charge in [-0.2, -0.15) is 5.21 Å². The van der Waals surface area contributed by atoms with Gasteiger partial charge in [-0.1, -0.05) is 17.4 Å². The summed E-state index contributed by atoms with van der Waals surface area (Å²) in [6.45, 7) is 8.15. The number of nitrogens with one attached hydrogen (secondary N) is 1. The highest BCUT2D eigenvalue weighted by molar-refractivity contribution is 5.78. The molecule has 1 heterocycles. The lowest BCUT2D eigenvalue weighted by atomic mass is 10.3. The molecule has 15 heavy (non-hydrogen) atoms. The Morgan fingerprint density at radius 3 is 2.53 bits per heavy atom. The van der Waals surface area contributed by atoms with Crippen LogP contribution in [0.25, 0.3) is 0 Å². The molecule has 0 radical (unpaired) electrons. The normalized spacial score (nSPS) is 9.60. The van der Waals surface area contributed by atoms with Crippen LogP contribution in [-0.2, 0) is 11.2 Å². The largest absolute Gasteiger partial charge is 0.335 e. The number of aromatic nitrogens is 4. The average Bonchev–Trinajstić information content (AvgIpc) is 2.70.